The predicted octanol–water partition coefficient (Wildman–Crippen LogP) is 10.5. The van der Waals surface area contributed by atoms with E-state index in [2.05, 4.69) is 57.2 Å². The Hall–Kier alpha value is -0.820. The summed E-state index contributed by atoms with van der Waals surface area (Å²) in [6, 6.07) is 0.272. The summed E-state index contributed by atoms with van der Waals surface area (Å²) in [5.74, 6) is 0.865. The third-order valence-corrected chi connectivity index (χ3v) is 6.27. The van der Waals surface area contributed by atoms with E-state index >= 15 is 0 Å². The van der Waals surface area contributed by atoms with Crippen LogP contribution in [0.25, 0.3) is 0 Å². The van der Waals surface area contributed by atoms with E-state index in [0.717, 1.165) is 18.8 Å². The molecule has 0 rings (SSSR count). The van der Waals surface area contributed by atoms with Gasteiger partial charge in [-0.3, -0.25) is 0 Å². The molecule has 0 aromatic heterocycles. The van der Waals surface area contributed by atoms with Crippen LogP contribution >= 0.6 is 0 Å². The molecule has 0 amide bonds. The zero-order valence-corrected chi connectivity index (χ0v) is 22.3. The number of hydrogen-bond donors (Lipinski definition) is 1. The van der Waals surface area contributed by atoms with Crippen molar-refractivity contribution in [2.24, 2.45) is 11.7 Å². The van der Waals surface area contributed by atoms with Crippen molar-refractivity contribution in [1.82, 2.24) is 0 Å². The summed E-state index contributed by atoms with van der Waals surface area (Å²) >= 11 is 0. The highest BCUT2D eigenvalue weighted by Crippen LogP contribution is 2.13. The molecule has 0 aliphatic rings. The standard InChI is InChI=1S/C31H59N/c1-4-5-6-7-8-9-10-11-12-13-14-15-16-17-18-22-25-28-31(32)29-26-23-20-19-21-24-27-30(2)3/h8-9,11-12,25,28,30-31H,4-7,10,13-24,26-27,29,32H2,1-3H3. The second kappa shape index (κ2) is 26.4. The Balaban J connectivity index is 3.33. The molecule has 1 unspecified atom stereocenters. The molecule has 0 aliphatic carbocycles. The second-order valence-electron chi connectivity index (χ2n) is 10.2. The number of hydrogen-bond acceptors (Lipinski definition) is 1. The first-order chi connectivity index (χ1) is 15.7. The number of allylic oxidation sites excluding steroid dienone is 5. The van der Waals surface area contributed by atoms with E-state index in [1.165, 1.54) is 116 Å². The van der Waals surface area contributed by atoms with Gasteiger partial charge in [0.2, 0.25) is 0 Å². The normalized spacial score (nSPS) is 13.4. The Morgan fingerprint density at radius 2 is 1.00 bits per heavy atom. The zero-order valence-electron chi connectivity index (χ0n) is 22.3. The van der Waals surface area contributed by atoms with Gasteiger partial charge < -0.3 is 5.73 Å². The van der Waals surface area contributed by atoms with Crippen LogP contribution in [0.5, 0.6) is 0 Å². The maximum atomic E-state index is 6.24. The van der Waals surface area contributed by atoms with Crippen LogP contribution < -0.4 is 5.73 Å². The van der Waals surface area contributed by atoms with Gasteiger partial charge in [-0.15, -0.1) is 0 Å². The summed E-state index contributed by atoms with van der Waals surface area (Å²) in [6.45, 7) is 6.91. The molecule has 0 saturated heterocycles. The highest BCUT2D eigenvalue weighted by molar-refractivity contribution is 4.93. The topological polar surface area (TPSA) is 26.0 Å². The molecule has 0 bridgehead atoms. The largest absolute Gasteiger partial charge is 0.324 e. The molecule has 1 atom stereocenters. The summed E-state index contributed by atoms with van der Waals surface area (Å²) in [4.78, 5) is 0. The van der Waals surface area contributed by atoms with Crippen LogP contribution in [0.4, 0.5) is 0 Å². The molecule has 0 spiro atoms. The fourth-order valence-electron chi connectivity index (χ4n) is 4.08. The molecule has 188 valence electrons. The highest BCUT2D eigenvalue weighted by Gasteiger charge is 1.98. The minimum atomic E-state index is 0.272. The van der Waals surface area contributed by atoms with Gasteiger partial charge in [0, 0.05) is 6.04 Å². The van der Waals surface area contributed by atoms with Crippen LogP contribution in [-0.2, 0) is 0 Å². The lowest BCUT2D eigenvalue weighted by molar-refractivity contribution is 0.506. The third-order valence-electron chi connectivity index (χ3n) is 6.27. The molecule has 32 heavy (non-hydrogen) atoms. The number of nitrogens with two attached hydrogens (primary N) is 1. The van der Waals surface area contributed by atoms with Crippen molar-refractivity contribution in [3.63, 3.8) is 0 Å². The van der Waals surface area contributed by atoms with Gasteiger partial charge >= 0.3 is 0 Å². The number of unbranched alkanes of at least 4 members (excludes halogenated alkanes) is 14. The first-order valence-electron chi connectivity index (χ1n) is 14.4. The highest BCUT2D eigenvalue weighted by atomic mass is 14.6. The molecule has 0 aliphatic heterocycles. The molecule has 0 radical (unpaired) electrons. The molecule has 0 aromatic carbocycles. The predicted molar refractivity (Wildman–Crippen MR) is 148 cm³/mol. The summed E-state index contributed by atoms with van der Waals surface area (Å²) < 4.78 is 0. The summed E-state index contributed by atoms with van der Waals surface area (Å²) in [6.07, 6.45) is 40.4. The van der Waals surface area contributed by atoms with E-state index in [1.807, 2.05) is 0 Å². The fourth-order valence-corrected chi connectivity index (χ4v) is 4.08. The van der Waals surface area contributed by atoms with Crippen LogP contribution in [-0.4, -0.2) is 6.04 Å². The summed E-state index contributed by atoms with van der Waals surface area (Å²) in [7, 11) is 0. The van der Waals surface area contributed by atoms with Gasteiger partial charge in [0.25, 0.3) is 0 Å². The van der Waals surface area contributed by atoms with Gasteiger partial charge in [-0.2, -0.15) is 0 Å². The first kappa shape index (κ1) is 31.2. The van der Waals surface area contributed by atoms with Gasteiger partial charge in [-0.1, -0.05) is 134 Å². The summed E-state index contributed by atoms with van der Waals surface area (Å²) in [5.41, 5.74) is 6.24. The molecule has 2 N–H and O–H groups in total. The molecule has 0 fully saturated rings. The van der Waals surface area contributed by atoms with Crippen molar-refractivity contribution in [2.45, 2.75) is 155 Å². The van der Waals surface area contributed by atoms with Crippen LogP contribution in [0.2, 0.25) is 0 Å². The van der Waals surface area contributed by atoms with Crippen LogP contribution in [0.15, 0.2) is 36.5 Å². The van der Waals surface area contributed by atoms with Crippen LogP contribution in [0.3, 0.4) is 0 Å². The van der Waals surface area contributed by atoms with Crippen LogP contribution in [0.1, 0.15) is 149 Å². The van der Waals surface area contributed by atoms with Gasteiger partial charge in [0.05, 0.1) is 0 Å². The van der Waals surface area contributed by atoms with E-state index < -0.39 is 0 Å². The van der Waals surface area contributed by atoms with Crippen molar-refractivity contribution in [3.05, 3.63) is 36.5 Å². The molecule has 0 heterocycles. The Bertz CT molecular complexity index is 432. The van der Waals surface area contributed by atoms with Gasteiger partial charge in [0.1, 0.15) is 0 Å². The molecule has 0 aromatic rings. The Kier molecular flexibility index (Phi) is 25.8. The van der Waals surface area contributed by atoms with E-state index in [1.54, 1.807) is 0 Å². The van der Waals surface area contributed by atoms with Gasteiger partial charge in [-0.05, 0) is 57.3 Å². The fraction of sp³-hybridized carbons (Fsp3) is 0.806. The first-order valence-corrected chi connectivity index (χ1v) is 14.4. The van der Waals surface area contributed by atoms with Gasteiger partial charge in [-0.25, -0.2) is 0 Å². The maximum Gasteiger partial charge on any atom is 0.0223 e. The van der Waals surface area contributed by atoms with Crippen molar-refractivity contribution >= 4 is 0 Å². The SMILES string of the molecule is CCCCCC=CCC=CCCCCCCCC=CC(N)CCCCCCCCC(C)C. The van der Waals surface area contributed by atoms with Crippen molar-refractivity contribution in [1.29, 1.82) is 0 Å². The third kappa shape index (κ3) is 27.2. The van der Waals surface area contributed by atoms with Crippen molar-refractivity contribution < 1.29 is 0 Å². The number of rotatable bonds is 24. The van der Waals surface area contributed by atoms with E-state index in [0.29, 0.717) is 0 Å². The Morgan fingerprint density at radius 3 is 1.56 bits per heavy atom. The van der Waals surface area contributed by atoms with Crippen molar-refractivity contribution in [3.8, 4) is 0 Å². The van der Waals surface area contributed by atoms with E-state index in [4.69, 9.17) is 5.73 Å². The van der Waals surface area contributed by atoms with E-state index in [-0.39, 0.29) is 6.04 Å². The van der Waals surface area contributed by atoms with Gasteiger partial charge in [0.15, 0.2) is 0 Å². The lowest BCUT2D eigenvalue weighted by atomic mass is 10.0. The lowest BCUT2D eigenvalue weighted by Gasteiger charge is -2.07. The molecule has 1 nitrogen and oxygen atoms in total. The molecule has 1 heteroatoms. The minimum Gasteiger partial charge on any atom is -0.324 e. The summed E-state index contributed by atoms with van der Waals surface area (Å²) in [5, 5.41) is 0. The Labute approximate surface area is 203 Å². The smallest absolute Gasteiger partial charge is 0.0223 e. The maximum absolute atomic E-state index is 6.24. The molecule has 0 saturated carbocycles. The monoisotopic (exact) mass is 445 g/mol. The average Bonchev–Trinajstić information content (AvgIpc) is 2.77. The average molecular weight is 446 g/mol. The lowest BCUT2D eigenvalue weighted by Crippen LogP contribution is -2.16. The minimum absolute atomic E-state index is 0.272. The van der Waals surface area contributed by atoms with Crippen molar-refractivity contribution in [2.75, 3.05) is 0 Å². The quantitative estimate of drug-likeness (QED) is 0.116. The van der Waals surface area contributed by atoms with Crippen LogP contribution in [0, 0.1) is 5.92 Å². The molecular formula is C31H59N. The second-order valence-corrected chi connectivity index (χ2v) is 10.2. The zero-order chi connectivity index (χ0) is 23.5. The van der Waals surface area contributed by atoms with E-state index in [9.17, 15) is 0 Å². The molecular weight excluding hydrogens is 386 g/mol. The Morgan fingerprint density at radius 1 is 0.531 bits per heavy atom.